The molecular weight excluding hydrogens is 278 g/mol. The van der Waals surface area contributed by atoms with E-state index >= 15 is 0 Å². The van der Waals surface area contributed by atoms with Crippen LogP contribution in [0.5, 0.6) is 11.5 Å². The Bertz CT molecular complexity index is 701. The van der Waals surface area contributed by atoms with Gasteiger partial charge in [-0.15, -0.1) is 0 Å². The van der Waals surface area contributed by atoms with Crippen molar-refractivity contribution in [2.45, 2.75) is 25.8 Å². The number of benzene rings is 2. The number of aryl methyl sites for hydroxylation is 2. The van der Waals surface area contributed by atoms with E-state index in [9.17, 15) is 9.90 Å². The first kappa shape index (κ1) is 14.4. The van der Waals surface area contributed by atoms with E-state index in [1.165, 1.54) is 30.2 Å². The first-order chi connectivity index (χ1) is 10.6. The van der Waals surface area contributed by atoms with Crippen molar-refractivity contribution in [3.05, 3.63) is 58.7 Å². The second-order valence-corrected chi connectivity index (χ2v) is 5.75. The van der Waals surface area contributed by atoms with Crippen molar-refractivity contribution in [3.8, 4) is 11.5 Å². The quantitative estimate of drug-likeness (QED) is 0.735. The van der Waals surface area contributed by atoms with Gasteiger partial charge in [0.25, 0.3) is 5.91 Å². The molecule has 2 aliphatic rings. The number of aromatic hydroxyl groups is 2. The molecule has 1 aliphatic carbocycles. The molecule has 0 spiro atoms. The SMILES string of the molecule is CN1Cc2ccc(O)c(O)c2C1=O.c1ccc2c(c1)CCC2. The molecule has 22 heavy (non-hydrogen) atoms. The normalized spacial score (nSPS) is 15.1. The minimum absolute atomic E-state index is 0.225. The average Bonchev–Trinajstić information content (AvgIpc) is 3.10. The molecule has 1 heterocycles. The molecule has 0 saturated heterocycles. The van der Waals surface area contributed by atoms with Crippen molar-refractivity contribution in [2.75, 3.05) is 7.05 Å². The lowest BCUT2D eigenvalue weighted by molar-refractivity contribution is 0.0814. The highest BCUT2D eigenvalue weighted by Gasteiger charge is 2.28. The first-order valence-corrected chi connectivity index (χ1v) is 7.44. The predicted molar refractivity (Wildman–Crippen MR) is 84.0 cm³/mol. The number of carbonyl (C=O) groups is 1. The summed E-state index contributed by atoms with van der Waals surface area (Å²) in [5.74, 6) is -0.808. The van der Waals surface area contributed by atoms with Gasteiger partial charge in [-0.2, -0.15) is 0 Å². The molecule has 114 valence electrons. The molecule has 0 radical (unpaired) electrons. The zero-order valence-electron chi connectivity index (χ0n) is 12.5. The van der Waals surface area contributed by atoms with E-state index in [0.29, 0.717) is 6.54 Å². The van der Waals surface area contributed by atoms with E-state index in [0.717, 1.165) is 5.56 Å². The Hall–Kier alpha value is -2.49. The molecule has 4 rings (SSSR count). The summed E-state index contributed by atoms with van der Waals surface area (Å²) in [5.41, 5.74) is 4.11. The number of amides is 1. The van der Waals surface area contributed by atoms with Crippen LogP contribution in [0.25, 0.3) is 0 Å². The van der Waals surface area contributed by atoms with Gasteiger partial charge >= 0.3 is 0 Å². The van der Waals surface area contributed by atoms with Crippen LogP contribution in [0.4, 0.5) is 0 Å². The predicted octanol–water partition coefficient (Wildman–Crippen LogP) is 2.86. The van der Waals surface area contributed by atoms with Crippen molar-refractivity contribution in [1.29, 1.82) is 0 Å². The molecule has 0 saturated carbocycles. The van der Waals surface area contributed by atoms with Gasteiger partial charge in [0.2, 0.25) is 0 Å². The monoisotopic (exact) mass is 297 g/mol. The maximum absolute atomic E-state index is 11.4. The maximum Gasteiger partial charge on any atom is 0.258 e. The number of hydrogen-bond acceptors (Lipinski definition) is 3. The van der Waals surface area contributed by atoms with Crippen molar-refractivity contribution in [1.82, 2.24) is 4.90 Å². The Morgan fingerprint density at radius 2 is 1.59 bits per heavy atom. The molecule has 4 nitrogen and oxygen atoms in total. The molecule has 1 aliphatic heterocycles. The van der Waals surface area contributed by atoms with Gasteiger partial charge in [0.1, 0.15) is 0 Å². The second-order valence-electron chi connectivity index (χ2n) is 5.75. The Morgan fingerprint density at radius 1 is 0.955 bits per heavy atom. The molecule has 0 fully saturated rings. The van der Waals surface area contributed by atoms with Gasteiger partial charge in [0, 0.05) is 13.6 Å². The van der Waals surface area contributed by atoms with Crippen LogP contribution in [-0.4, -0.2) is 28.1 Å². The molecule has 0 unspecified atom stereocenters. The number of nitrogens with zero attached hydrogens (tertiary/aromatic N) is 1. The van der Waals surface area contributed by atoms with Gasteiger partial charge in [-0.25, -0.2) is 0 Å². The second kappa shape index (κ2) is 5.72. The molecule has 2 aromatic rings. The van der Waals surface area contributed by atoms with Crippen LogP contribution >= 0.6 is 0 Å². The highest BCUT2D eigenvalue weighted by molar-refractivity contribution is 6.01. The Morgan fingerprint density at radius 3 is 2.23 bits per heavy atom. The fourth-order valence-electron chi connectivity index (χ4n) is 3.03. The van der Waals surface area contributed by atoms with E-state index in [-0.39, 0.29) is 23.0 Å². The van der Waals surface area contributed by atoms with Gasteiger partial charge < -0.3 is 15.1 Å². The smallest absolute Gasteiger partial charge is 0.258 e. The van der Waals surface area contributed by atoms with E-state index < -0.39 is 0 Å². The summed E-state index contributed by atoms with van der Waals surface area (Å²) in [6.07, 6.45) is 3.96. The van der Waals surface area contributed by atoms with Crippen LogP contribution in [0, 0.1) is 0 Å². The molecule has 0 bridgehead atoms. The van der Waals surface area contributed by atoms with E-state index in [1.54, 1.807) is 24.2 Å². The topological polar surface area (TPSA) is 60.8 Å². The minimum atomic E-state index is -0.313. The van der Waals surface area contributed by atoms with Crippen LogP contribution in [0.15, 0.2) is 36.4 Å². The number of phenolic OH excluding ortho intramolecular Hbond substituents is 2. The molecule has 0 atom stereocenters. The van der Waals surface area contributed by atoms with Crippen molar-refractivity contribution >= 4 is 5.91 Å². The van der Waals surface area contributed by atoms with Crippen molar-refractivity contribution in [3.63, 3.8) is 0 Å². The first-order valence-electron chi connectivity index (χ1n) is 7.44. The lowest BCUT2D eigenvalue weighted by atomic mass is 10.1. The van der Waals surface area contributed by atoms with Gasteiger partial charge in [-0.05, 0) is 42.0 Å². The van der Waals surface area contributed by atoms with Crippen LogP contribution in [-0.2, 0) is 19.4 Å². The third kappa shape index (κ3) is 2.52. The third-order valence-corrected chi connectivity index (χ3v) is 4.22. The van der Waals surface area contributed by atoms with Gasteiger partial charge in [0.05, 0.1) is 5.56 Å². The summed E-state index contributed by atoms with van der Waals surface area (Å²) >= 11 is 0. The lowest BCUT2D eigenvalue weighted by Gasteiger charge is -2.05. The number of rotatable bonds is 0. The number of hydrogen-bond donors (Lipinski definition) is 2. The zero-order valence-corrected chi connectivity index (χ0v) is 12.5. The summed E-state index contributed by atoms with van der Waals surface area (Å²) in [5, 5.41) is 18.6. The van der Waals surface area contributed by atoms with E-state index in [2.05, 4.69) is 24.3 Å². The summed E-state index contributed by atoms with van der Waals surface area (Å²) in [4.78, 5) is 12.9. The number of carbonyl (C=O) groups excluding carboxylic acids is 1. The average molecular weight is 297 g/mol. The molecule has 1 amide bonds. The zero-order chi connectivity index (χ0) is 15.7. The minimum Gasteiger partial charge on any atom is -0.504 e. The largest absolute Gasteiger partial charge is 0.504 e. The van der Waals surface area contributed by atoms with Crippen molar-refractivity contribution < 1.29 is 15.0 Å². The third-order valence-electron chi connectivity index (χ3n) is 4.22. The van der Waals surface area contributed by atoms with Gasteiger partial charge in [-0.1, -0.05) is 30.3 Å². The fourth-order valence-corrected chi connectivity index (χ4v) is 3.03. The standard InChI is InChI=1S/C9H9NO3.C9H10/c1-10-4-5-2-3-6(11)8(12)7(5)9(10)13;1-2-5-9-7-3-6-8(9)4-1/h2-3,11-12H,4H2,1H3;1-2,4-5H,3,6-7H2. The fraction of sp³-hybridized carbons (Fsp3) is 0.278. The summed E-state index contributed by atoms with van der Waals surface area (Å²) in [7, 11) is 1.65. The summed E-state index contributed by atoms with van der Waals surface area (Å²) in [6.45, 7) is 0.488. The summed E-state index contributed by atoms with van der Waals surface area (Å²) < 4.78 is 0. The van der Waals surface area contributed by atoms with Crippen LogP contribution in [0.3, 0.4) is 0 Å². The molecule has 0 aromatic heterocycles. The number of phenols is 2. The number of fused-ring (bicyclic) bond motifs is 2. The lowest BCUT2D eigenvalue weighted by Crippen LogP contribution is -2.17. The Balaban J connectivity index is 0.000000139. The van der Waals surface area contributed by atoms with Gasteiger partial charge in [-0.3, -0.25) is 4.79 Å². The summed E-state index contributed by atoms with van der Waals surface area (Å²) in [6, 6.07) is 11.8. The highest BCUT2D eigenvalue weighted by Crippen LogP contribution is 2.35. The molecular formula is C18H19NO3. The van der Waals surface area contributed by atoms with Crippen LogP contribution in [0.2, 0.25) is 0 Å². The van der Waals surface area contributed by atoms with Gasteiger partial charge in [0.15, 0.2) is 11.5 Å². The van der Waals surface area contributed by atoms with E-state index in [1.807, 2.05) is 0 Å². The van der Waals surface area contributed by atoms with E-state index in [4.69, 9.17) is 5.11 Å². The molecule has 2 aromatic carbocycles. The molecule has 2 N–H and O–H groups in total. The Labute approximate surface area is 129 Å². The Kier molecular flexibility index (Phi) is 3.75. The molecule has 4 heteroatoms. The van der Waals surface area contributed by atoms with Crippen LogP contribution in [0.1, 0.15) is 33.5 Å². The van der Waals surface area contributed by atoms with Crippen LogP contribution < -0.4 is 0 Å². The van der Waals surface area contributed by atoms with Crippen molar-refractivity contribution in [2.24, 2.45) is 0 Å². The highest BCUT2D eigenvalue weighted by atomic mass is 16.3. The maximum atomic E-state index is 11.4.